The van der Waals surface area contributed by atoms with Gasteiger partial charge in [0.2, 0.25) is 5.91 Å². The summed E-state index contributed by atoms with van der Waals surface area (Å²) in [5.41, 5.74) is 5.42. The Labute approximate surface area is 315 Å². The number of likely N-dealkylation sites (tertiary alicyclic amines) is 2. The van der Waals surface area contributed by atoms with Gasteiger partial charge in [0.05, 0.1) is 43.0 Å². The van der Waals surface area contributed by atoms with Gasteiger partial charge < -0.3 is 29.7 Å². The van der Waals surface area contributed by atoms with Gasteiger partial charge >= 0.3 is 12.2 Å². The average molecular weight is 732 g/mol. The van der Waals surface area contributed by atoms with Gasteiger partial charge in [-0.05, 0) is 79.8 Å². The van der Waals surface area contributed by atoms with Crippen molar-refractivity contribution in [1.82, 2.24) is 35.1 Å². The second-order valence-electron chi connectivity index (χ2n) is 15.5. The molecule has 0 radical (unpaired) electrons. The summed E-state index contributed by atoms with van der Waals surface area (Å²) in [5.74, 6) is 1.26. The molecule has 54 heavy (non-hydrogen) atoms. The van der Waals surface area contributed by atoms with Crippen molar-refractivity contribution in [3.05, 3.63) is 84.7 Å². The Morgan fingerprint density at radius 2 is 1.33 bits per heavy atom. The molecule has 0 bridgehead atoms. The van der Waals surface area contributed by atoms with Gasteiger partial charge in [-0.3, -0.25) is 9.69 Å². The standard InChI is InChI=1S/C42H49N7O5/c1-25(2)36(47-40(51)53-6)39(50)48-21-9-13-34(48)37-43-23-32(45-37)27-17-15-26(16-18-27)28-19-20-31(30-12-8-7-11-29(28)30)33-24-44-38(46-33)35-14-10-22-49(35)41(52)54-42(3,4)5/h7-8,11-12,15-20,23-25,34-36H,9-10,13-14,21-22H2,1-6H3,(H,43,45)(H,44,46)(H,47,51). The van der Waals surface area contributed by atoms with E-state index >= 15 is 0 Å². The molecule has 3 amide bonds. The highest BCUT2D eigenvalue weighted by atomic mass is 16.6. The highest BCUT2D eigenvalue weighted by Gasteiger charge is 2.38. The van der Waals surface area contributed by atoms with E-state index in [9.17, 15) is 14.4 Å². The van der Waals surface area contributed by atoms with E-state index in [4.69, 9.17) is 19.4 Å². The number of aromatic nitrogens is 4. The van der Waals surface area contributed by atoms with Crippen LogP contribution in [-0.4, -0.2) is 79.7 Å². The number of amides is 3. The largest absolute Gasteiger partial charge is 0.453 e. The van der Waals surface area contributed by atoms with Gasteiger partial charge in [0.1, 0.15) is 23.3 Å². The lowest BCUT2D eigenvalue weighted by Crippen LogP contribution is -2.51. The summed E-state index contributed by atoms with van der Waals surface area (Å²) in [4.78, 5) is 58.6. The molecule has 5 aromatic rings. The zero-order valence-electron chi connectivity index (χ0n) is 31.8. The fraction of sp³-hybridized carbons (Fsp3) is 0.405. The molecule has 12 nitrogen and oxygen atoms in total. The number of aromatic amines is 2. The molecule has 2 fully saturated rings. The molecule has 0 spiro atoms. The highest BCUT2D eigenvalue weighted by molar-refractivity contribution is 6.04. The Kier molecular flexibility index (Phi) is 10.2. The van der Waals surface area contributed by atoms with E-state index < -0.39 is 17.7 Å². The maximum atomic E-state index is 13.6. The predicted molar refractivity (Wildman–Crippen MR) is 207 cm³/mol. The molecular formula is C42H49N7O5. The Morgan fingerprint density at radius 3 is 1.96 bits per heavy atom. The van der Waals surface area contributed by atoms with Gasteiger partial charge in [-0.2, -0.15) is 0 Å². The van der Waals surface area contributed by atoms with Crippen LogP contribution >= 0.6 is 0 Å². The van der Waals surface area contributed by atoms with Crippen LogP contribution < -0.4 is 5.32 Å². The van der Waals surface area contributed by atoms with Crippen LogP contribution in [0.15, 0.2) is 73.1 Å². The van der Waals surface area contributed by atoms with E-state index in [2.05, 4.69) is 69.9 Å². The first-order valence-electron chi connectivity index (χ1n) is 18.8. The zero-order valence-corrected chi connectivity index (χ0v) is 31.8. The number of nitrogens with zero attached hydrogens (tertiary/aromatic N) is 4. The summed E-state index contributed by atoms with van der Waals surface area (Å²) in [6.07, 6.45) is 6.11. The minimum Gasteiger partial charge on any atom is -0.453 e. The van der Waals surface area contributed by atoms with Gasteiger partial charge in [0, 0.05) is 18.7 Å². The number of hydrogen-bond acceptors (Lipinski definition) is 7. The van der Waals surface area contributed by atoms with Crippen LogP contribution in [0.5, 0.6) is 0 Å². The van der Waals surface area contributed by atoms with Crippen molar-refractivity contribution in [2.45, 2.75) is 84.0 Å². The summed E-state index contributed by atoms with van der Waals surface area (Å²) in [6, 6.07) is 20.0. The SMILES string of the molecule is COC(=O)NC(C(=O)N1CCCC1c1ncc(-c2ccc(-c3ccc(-c4cnc(C5CCCN5C(=O)OC(C)(C)C)[nH]4)c4ccccc34)cc2)[nH]1)C(C)C. The lowest BCUT2D eigenvalue weighted by molar-refractivity contribution is -0.135. The third kappa shape index (κ3) is 7.42. The van der Waals surface area contributed by atoms with Crippen LogP contribution in [0.1, 0.15) is 84.0 Å². The van der Waals surface area contributed by atoms with Crippen molar-refractivity contribution in [2.75, 3.05) is 20.2 Å². The molecular weight excluding hydrogens is 683 g/mol. The maximum absolute atomic E-state index is 13.6. The lowest BCUT2D eigenvalue weighted by atomic mass is 9.93. The first-order chi connectivity index (χ1) is 25.9. The molecule has 282 valence electrons. The Bertz CT molecular complexity index is 2150. The fourth-order valence-electron chi connectivity index (χ4n) is 7.69. The molecule has 2 aliphatic heterocycles. The number of alkyl carbamates (subject to hydrolysis) is 1. The van der Waals surface area contributed by atoms with E-state index in [1.165, 1.54) is 7.11 Å². The second kappa shape index (κ2) is 15.0. The Morgan fingerprint density at radius 1 is 0.778 bits per heavy atom. The third-order valence-corrected chi connectivity index (χ3v) is 10.4. The monoisotopic (exact) mass is 731 g/mol. The van der Waals surface area contributed by atoms with Gasteiger partial charge in [0.25, 0.3) is 0 Å². The van der Waals surface area contributed by atoms with Gasteiger partial charge in [-0.1, -0.05) is 74.5 Å². The number of rotatable bonds is 8. The van der Waals surface area contributed by atoms with Crippen molar-refractivity contribution < 1.29 is 23.9 Å². The van der Waals surface area contributed by atoms with Gasteiger partial charge in [-0.25, -0.2) is 19.6 Å². The van der Waals surface area contributed by atoms with Crippen molar-refractivity contribution >= 4 is 28.9 Å². The number of methoxy groups -OCH3 is 1. The van der Waals surface area contributed by atoms with Crippen molar-refractivity contribution in [1.29, 1.82) is 0 Å². The van der Waals surface area contributed by atoms with Crippen LogP contribution in [-0.2, 0) is 14.3 Å². The summed E-state index contributed by atoms with van der Waals surface area (Å²) in [6.45, 7) is 10.7. The van der Waals surface area contributed by atoms with Crippen LogP contribution in [0, 0.1) is 5.92 Å². The summed E-state index contributed by atoms with van der Waals surface area (Å²) < 4.78 is 10.5. The van der Waals surface area contributed by atoms with E-state index in [1.54, 1.807) is 4.90 Å². The van der Waals surface area contributed by atoms with Crippen molar-refractivity contribution in [2.24, 2.45) is 5.92 Å². The van der Waals surface area contributed by atoms with Gasteiger partial charge in [0.15, 0.2) is 0 Å². The number of hydrogen-bond donors (Lipinski definition) is 3. The van der Waals surface area contributed by atoms with Crippen molar-refractivity contribution in [3.8, 4) is 33.6 Å². The summed E-state index contributed by atoms with van der Waals surface area (Å²) in [5, 5.41) is 4.92. The predicted octanol–water partition coefficient (Wildman–Crippen LogP) is 8.40. The molecule has 4 heterocycles. The van der Waals surface area contributed by atoms with Crippen molar-refractivity contribution in [3.63, 3.8) is 0 Å². The molecule has 3 N–H and O–H groups in total. The first kappa shape index (κ1) is 36.7. The van der Waals surface area contributed by atoms with Crippen LogP contribution in [0.25, 0.3) is 44.4 Å². The number of ether oxygens (including phenoxy) is 2. The summed E-state index contributed by atoms with van der Waals surface area (Å²) >= 11 is 0. The highest BCUT2D eigenvalue weighted by Crippen LogP contribution is 2.38. The topological polar surface area (TPSA) is 146 Å². The molecule has 3 aromatic carbocycles. The van der Waals surface area contributed by atoms with E-state index in [-0.39, 0.29) is 30.0 Å². The average Bonchev–Trinajstić information content (AvgIpc) is 3.99. The Balaban J connectivity index is 1.10. The van der Waals surface area contributed by atoms with E-state index in [0.717, 1.165) is 81.7 Å². The van der Waals surface area contributed by atoms with Crippen LogP contribution in [0.3, 0.4) is 0 Å². The molecule has 2 aliphatic rings. The van der Waals surface area contributed by atoms with Gasteiger partial charge in [-0.15, -0.1) is 0 Å². The number of nitrogens with one attached hydrogen (secondary N) is 3. The number of benzene rings is 3. The minimum absolute atomic E-state index is 0.101. The van der Waals surface area contributed by atoms with E-state index in [1.807, 2.05) is 58.0 Å². The Hall–Kier alpha value is -5.65. The number of imidazole rings is 2. The number of fused-ring (bicyclic) bond motifs is 1. The molecule has 3 unspecified atom stereocenters. The quantitative estimate of drug-likeness (QED) is 0.145. The number of H-pyrrole nitrogens is 2. The zero-order chi connectivity index (χ0) is 38.1. The molecule has 2 aromatic heterocycles. The molecule has 7 rings (SSSR count). The van der Waals surface area contributed by atoms with Crippen LogP contribution in [0.4, 0.5) is 9.59 Å². The fourth-order valence-corrected chi connectivity index (χ4v) is 7.69. The molecule has 0 aliphatic carbocycles. The number of carbonyl (C=O) groups is 3. The second-order valence-corrected chi connectivity index (χ2v) is 15.5. The normalized spacial score (nSPS) is 18.0. The molecule has 12 heteroatoms. The third-order valence-electron chi connectivity index (χ3n) is 10.4. The first-order valence-corrected chi connectivity index (χ1v) is 18.8. The van der Waals surface area contributed by atoms with E-state index in [0.29, 0.717) is 13.1 Å². The maximum Gasteiger partial charge on any atom is 0.410 e. The molecule has 2 saturated heterocycles. The summed E-state index contributed by atoms with van der Waals surface area (Å²) in [7, 11) is 1.30. The number of carbonyl (C=O) groups excluding carboxylic acids is 3. The van der Waals surface area contributed by atoms with Crippen LogP contribution in [0.2, 0.25) is 0 Å². The minimum atomic E-state index is -0.684. The molecule has 3 atom stereocenters. The smallest absolute Gasteiger partial charge is 0.410 e. The lowest BCUT2D eigenvalue weighted by Gasteiger charge is -2.30. The molecule has 0 saturated carbocycles.